The molecule has 6 nitrogen and oxygen atoms in total. The van der Waals surface area contributed by atoms with Crippen LogP contribution < -0.4 is 0 Å². The fourth-order valence-corrected chi connectivity index (χ4v) is 1.67. The fourth-order valence-electron chi connectivity index (χ4n) is 1.67. The van der Waals surface area contributed by atoms with Crippen molar-refractivity contribution in [3.05, 3.63) is 35.9 Å². The normalized spacial score (nSPS) is 12.0. The maximum Gasteiger partial charge on any atom is 0.352 e. The van der Waals surface area contributed by atoms with Crippen molar-refractivity contribution in [3.63, 3.8) is 0 Å². The van der Waals surface area contributed by atoms with Gasteiger partial charge in [-0.05, 0) is 19.4 Å². The van der Waals surface area contributed by atoms with Crippen LogP contribution in [0.1, 0.15) is 25.8 Å². The number of hydrogen-bond acceptors (Lipinski definition) is 5. The molecule has 0 aliphatic carbocycles. The van der Waals surface area contributed by atoms with Crippen molar-refractivity contribution in [1.29, 1.82) is 5.41 Å². The highest BCUT2D eigenvalue weighted by atomic mass is 16.5. The van der Waals surface area contributed by atoms with Gasteiger partial charge >= 0.3 is 11.9 Å². The molecule has 0 heterocycles. The first-order chi connectivity index (χ1) is 10.4. The Morgan fingerprint density at radius 3 is 2.41 bits per heavy atom. The molecule has 1 atom stereocenters. The first kappa shape index (κ1) is 17.8. The summed E-state index contributed by atoms with van der Waals surface area (Å²) >= 11 is 0. The van der Waals surface area contributed by atoms with E-state index in [0.29, 0.717) is 0 Å². The lowest BCUT2D eigenvalue weighted by atomic mass is 10.0. The number of carboxylic acid groups (broad SMARTS) is 1. The summed E-state index contributed by atoms with van der Waals surface area (Å²) in [6.07, 6.45) is -0.323. The van der Waals surface area contributed by atoms with Crippen LogP contribution in [0.2, 0.25) is 0 Å². The first-order valence-electron chi connectivity index (χ1n) is 7.03. The lowest BCUT2D eigenvalue weighted by molar-refractivity contribution is -0.144. The molecule has 0 aliphatic heterocycles. The quantitative estimate of drug-likeness (QED) is 0.539. The molecular formula is C16H21NO5. The topological polar surface area (TPSA) is 96.7 Å². The molecule has 120 valence electrons. The highest BCUT2D eigenvalue weighted by molar-refractivity contribution is 6.35. The molecule has 0 spiro atoms. The SMILES string of the molecule is CC(C)OC[C@H](CC(=N)C(=O)OCc1ccccc1)C(=O)O. The number of esters is 1. The smallest absolute Gasteiger partial charge is 0.352 e. The summed E-state index contributed by atoms with van der Waals surface area (Å²) in [7, 11) is 0. The first-order valence-corrected chi connectivity index (χ1v) is 7.03. The summed E-state index contributed by atoms with van der Waals surface area (Å²) in [6.45, 7) is 3.60. The zero-order chi connectivity index (χ0) is 16.5. The average Bonchev–Trinajstić information content (AvgIpc) is 2.49. The molecule has 0 amide bonds. The van der Waals surface area contributed by atoms with E-state index in [9.17, 15) is 9.59 Å². The number of carbonyl (C=O) groups excluding carboxylic acids is 1. The van der Waals surface area contributed by atoms with Crippen LogP contribution >= 0.6 is 0 Å². The van der Waals surface area contributed by atoms with E-state index in [2.05, 4.69) is 0 Å². The molecule has 0 fully saturated rings. The number of carbonyl (C=O) groups is 2. The van der Waals surface area contributed by atoms with Crippen LogP contribution in [0.5, 0.6) is 0 Å². The summed E-state index contributed by atoms with van der Waals surface area (Å²) in [5.41, 5.74) is 0.442. The van der Waals surface area contributed by atoms with Gasteiger partial charge in [0.15, 0.2) is 0 Å². The van der Waals surface area contributed by atoms with Crippen molar-refractivity contribution in [1.82, 2.24) is 0 Å². The Hall–Kier alpha value is -2.21. The Kier molecular flexibility index (Phi) is 7.25. The molecular weight excluding hydrogens is 286 g/mol. The number of carboxylic acids is 1. The average molecular weight is 307 g/mol. The highest BCUT2D eigenvalue weighted by Gasteiger charge is 2.24. The Bertz CT molecular complexity index is 513. The van der Waals surface area contributed by atoms with Gasteiger partial charge in [0, 0.05) is 6.42 Å². The van der Waals surface area contributed by atoms with E-state index in [-0.39, 0.29) is 31.5 Å². The Morgan fingerprint density at radius 1 is 1.23 bits per heavy atom. The lowest BCUT2D eigenvalue weighted by Crippen LogP contribution is -2.28. The summed E-state index contributed by atoms with van der Waals surface area (Å²) in [4.78, 5) is 22.9. The zero-order valence-corrected chi connectivity index (χ0v) is 12.7. The van der Waals surface area contributed by atoms with Crippen molar-refractivity contribution in [2.45, 2.75) is 33.0 Å². The van der Waals surface area contributed by atoms with Crippen LogP contribution in [0, 0.1) is 11.3 Å². The van der Waals surface area contributed by atoms with Crippen molar-refractivity contribution in [3.8, 4) is 0 Å². The highest BCUT2D eigenvalue weighted by Crippen LogP contribution is 2.09. The van der Waals surface area contributed by atoms with Crippen LogP contribution in [-0.2, 0) is 25.7 Å². The van der Waals surface area contributed by atoms with Crippen LogP contribution in [0.3, 0.4) is 0 Å². The van der Waals surface area contributed by atoms with E-state index in [1.807, 2.05) is 18.2 Å². The molecule has 0 aromatic heterocycles. The molecule has 0 unspecified atom stereocenters. The fraction of sp³-hybridized carbons (Fsp3) is 0.438. The van der Waals surface area contributed by atoms with Gasteiger partial charge in [-0.15, -0.1) is 0 Å². The minimum absolute atomic E-state index is 0.0403. The summed E-state index contributed by atoms with van der Waals surface area (Å²) in [6, 6.07) is 9.08. The van der Waals surface area contributed by atoms with Crippen molar-refractivity contribution >= 4 is 17.7 Å². The molecule has 1 aromatic carbocycles. The van der Waals surface area contributed by atoms with E-state index in [1.165, 1.54) is 0 Å². The monoisotopic (exact) mass is 307 g/mol. The number of nitrogens with one attached hydrogen (secondary N) is 1. The molecule has 0 saturated carbocycles. The molecule has 2 N–H and O–H groups in total. The van der Waals surface area contributed by atoms with E-state index < -0.39 is 17.9 Å². The number of ether oxygens (including phenoxy) is 2. The van der Waals surface area contributed by atoms with E-state index in [4.69, 9.17) is 20.0 Å². The molecule has 1 rings (SSSR count). The largest absolute Gasteiger partial charge is 0.481 e. The van der Waals surface area contributed by atoms with Gasteiger partial charge in [-0.2, -0.15) is 0 Å². The van der Waals surface area contributed by atoms with Gasteiger partial charge < -0.3 is 14.6 Å². The summed E-state index contributed by atoms with van der Waals surface area (Å²) in [5.74, 6) is -2.83. The van der Waals surface area contributed by atoms with Crippen molar-refractivity contribution in [2.24, 2.45) is 5.92 Å². The van der Waals surface area contributed by atoms with E-state index in [1.54, 1.807) is 26.0 Å². The summed E-state index contributed by atoms with van der Waals surface area (Å²) in [5, 5.41) is 16.8. The van der Waals surface area contributed by atoms with Gasteiger partial charge in [0.2, 0.25) is 0 Å². The van der Waals surface area contributed by atoms with E-state index in [0.717, 1.165) is 5.56 Å². The van der Waals surface area contributed by atoms with Crippen LogP contribution in [0.4, 0.5) is 0 Å². The minimum Gasteiger partial charge on any atom is -0.481 e. The second-order valence-electron chi connectivity index (χ2n) is 5.16. The van der Waals surface area contributed by atoms with Crippen LogP contribution in [0.15, 0.2) is 30.3 Å². The standard InChI is InChI=1S/C16H21NO5/c1-11(2)21-10-13(15(18)19)8-14(17)16(20)22-9-12-6-4-3-5-7-12/h3-7,11,13,17H,8-10H2,1-2H3,(H,18,19)/t13-/m0/s1. The van der Waals surface area contributed by atoms with Crippen molar-refractivity contribution in [2.75, 3.05) is 6.61 Å². The van der Waals surface area contributed by atoms with Crippen LogP contribution in [-0.4, -0.2) is 35.5 Å². The zero-order valence-electron chi connectivity index (χ0n) is 12.7. The second kappa shape index (κ2) is 8.94. The lowest BCUT2D eigenvalue weighted by Gasteiger charge is -2.15. The maximum absolute atomic E-state index is 11.7. The van der Waals surface area contributed by atoms with Crippen molar-refractivity contribution < 1.29 is 24.2 Å². The molecule has 0 bridgehead atoms. The third-order valence-electron chi connectivity index (χ3n) is 2.89. The second-order valence-corrected chi connectivity index (χ2v) is 5.16. The van der Waals surface area contributed by atoms with Gasteiger partial charge in [-0.25, -0.2) is 4.79 Å². The Balaban J connectivity index is 2.47. The Labute approximate surface area is 129 Å². The molecule has 0 radical (unpaired) electrons. The number of aliphatic carboxylic acids is 1. The molecule has 0 saturated heterocycles. The van der Waals surface area contributed by atoms with Gasteiger partial charge in [0.1, 0.15) is 12.3 Å². The minimum atomic E-state index is -1.10. The Morgan fingerprint density at radius 2 is 1.86 bits per heavy atom. The summed E-state index contributed by atoms with van der Waals surface area (Å²) < 4.78 is 10.2. The number of rotatable bonds is 9. The maximum atomic E-state index is 11.7. The third-order valence-corrected chi connectivity index (χ3v) is 2.89. The molecule has 1 aromatic rings. The van der Waals surface area contributed by atoms with Gasteiger partial charge in [-0.1, -0.05) is 30.3 Å². The predicted molar refractivity (Wildman–Crippen MR) is 80.8 cm³/mol. The number of benzene rings is 1. The van der Waals surface area contributed by atoms with Crippen LogP contribution in [0.25, 0.3) is 0 Å². The van der Waals surface area contributed by atoms with E-state index >= 15 is 0 Å². The van der Waals surface area contributed by atoms with Gasteiger partial charge in [-0.3, -0.25) is 10.2 Å². The predicted octanol–water partition coefficient (Wildman–Crippen LogP) is 2.27. The van der Waals surface area contributed by atoms with Gasteiger partial charge in [0.25, 0.3) is 0 Å². The third kappa shape index (κ3) is 6.49. The molecule has 0 aliphatic rings. The number of hydrogen-bond donors (Lipinski definition) is 2. The molecule has 6 heteroatoms. The molecule has 22 heavy (non-hydrogen) atoms. The van der Waals surface area contributed by atoms with Gasteiger partial charge in [0.05, 0.1) is 18.6 Å².